The summed E-state index contributed by atoms with van der Waals surface area (Å²) >= 11 is 1.31. The molecule has 3 N–H and O–H groups in total. The Kier molecular flexibility index (Phi) is 4.84. The van der Waals surface area contributed by atoms with Crippen molar-refractivity contribution in [3.63, 3.8) is 0 Å². The molecule has 0 aliphatic heterocycles. The van der Waals surface area contributed by atoms with Crippen LogP contribution in [-0.4, -0.2) is 28.1 Å². The van der Waals surface area contributed by atoms with Crippen LogP contribution in [0.25, 0.3) is 31.8 Å². The van der Waals surface area contributed by atoms with Crippen molar-refractivity contribution in [2.75, 3.05) is 18.2 Å². The van der Waals surface area contributed by atoms with Gasteiger partial charge in [0.05, 0.1) is 27.5 Å². The third kappa shape index (κ3) is 3.23. The molecule has 0 bridgehead atoms. The molecule has 0 fully saturated rings. The monoisotopic (exact) mass is 427 g/mol. The number of fused-ring (bicyclic) bond motifs is 2. The zero-order valence-corrected chi connectivity index (χ0v) is 17.1. The van der Waals surface area contributed by atoms with Gasteiger partial charge in [-0.1, -0.05) is 5.16 Å². The van der Waals surface area contributed by atoms with Crippen LogP contribution in [0.5, 0.6) is 0 Å². The lowest BCUT2D eigenvalue weighted by Gasteiger charge is -2.05. The van der Waals surface area contributed by atoms with E-state index in [0.717, 1.165) is 16.6 Å². The lowest BCUT2D eigenvalue weighted by atomic mass is 10.1. The zero-order valence-electron chi connectivity index (χ0n) is 16.3. The fraction of sp³-hybridized carbons (Fsp3) is 0.211. The summed E-state index contributed by atoms with van der Waals surface area (Å²) in [5, 5.41) is 19.3. The molecule has 0 unspecified atom stereocenters. The van der Waals surface area contributed by atoms with E-state index in [4.69, 9.17) is 15.0 Å². The van der Waals surface area contributed by atoms with Crippen LogP contribution < -0.4 is 11.1 Å². The van der Waals surface area contributed by atoms with Crippen molar-refractivity contribution < 1.29 is 19.0 Å². The normalized spacial score (nSPS) is 11.3. The Balaban J connectivity index is 2.00. The van der Waals surface area contributed by atoms with Crippen molar-refractivity contribution in [2.45, 2.75) is 20.5 Å². The minimum Gasteiger partial charge on any atom is -0.397 e. The second-order valence-corrected chi connectivity index (χ2v) is 7.72. The number of nitro groups is 1. The molecule has 3 aromatic heterocycles. The Bertz CT molecular complexity index is 1330. The average Bonchev–Trinajstić information content (AvgIpc) is 3.21. The number of hydrogen-bond donors (Lipinski definition) is 2. The number of aromatic nitrogens is 2. The summed E-state index contributed by atoms with van der Waals surface area (Å²) in [6.07, 6.45) is 0. The minimum absolute atomic E-state index is 0.00205. The number of hydrogen-bond acceptors (Lipinski definition) is 9. The van der Waals surface area contributed by atoms with Crippen LogP contribution in [0.3, 0.4) is 0 Å². The topological polar surface area (TPSA) is 146 Å². The first-order valence-corrected chi connectivity index (χ1v) is 9.65. The molecular formula is C19H17N5O5S. The summed E-state index contributed by atoms with van der Waals surface area (Å²) in [7, 11) is 1.60. The maximum atomic E-state index is 11.5. The van der Waals surface area contributed by atoms with E-state index in [1.54, 1.807) is 13.2 Å². The average molecular weight is 427 g/mol. The number of pyridine rings is 1. The molecule has 30 heavy (non-hydrogen) atoms. The first-order chi connectivity index (χ1) is 14.3. The lowest BCUT2D eigenvalue weighted by molar-refractivity contribution is -0.383. The number of anilines is 2. The van der Waals surface area contributed by atoms with Crippen LogP contribution in [0.2, 0.25) is 0 Å². The van der Waals surface area contributed by atoms with Gasteiger partial charge < -0.3 is 20.3 Å². The molecule has 154 valence electrons. The van der Waals surface area contributed by atoms with Crippen LogP contribution in [0, 0.1) is 17.0 Å². The number of benzene rings is 1. The van der Waals surface area contributed by atoms with Gasteiger partial charge in [-0.15, -0.1) is 11.3 Å². The summed E-state index contributed by atoms with van der Waals surface area (Å²) in [6.45, 7) is 3.56. The molecule has 0 saturated carbocycles. The second kappa shape index (κ2) is 7.35. The van der Waals surface area contributed by atoms with Gasteiger partial charge >= 0.3 is 5.69 Å². The van der Waals surface area contributed by atoms with Gasteiger partial charge in [-0.05, 0) is 24.6 Å². The molecule has 0 atom stereocenters. The summed E-state index contributed by atoms with van der Waals surface area (Å²) in [5.41, 5.74) is 8.91. The fourth-order valence-corrected chi connectivity index (χ4v) is 4.57. The predicted octanol–water partition coefficient (Wildman–Crippen LogP) is 4.01. The number of thiophene rings is 1. The van der Waals surface area contributed by atoms with Crippen molar-refractivity contribution in [1.82, 2.24) is 10.1 Å². The summed E-state index contributed by atoms with van der Waals surface area (Å²) in [5.74, 6) is -0.355. The van der Waals surface area contributed by atoms with E-state index < -0.39 is 4.92 Å². The molecular weight excluding hydrogens is 410 g/mol. The third-order valence-electron chi connectivity index (χ3n) is 4.49. The number of non-ortho nitro benzene ring substituents is 1. The lowest BCUT2D eigenvalue weighted by Crippen LogP contribution is -2.06. The minimum atomic E-state index is -0.585. The predicted molar refractivity (Wildman–Crippen MR) is 113 cm³/mol. The van der Waals surface area contributed by atoms with Gasteiger partial charge in [0.25, 0.3) is 0 Å². The Morgan fingerprint density at radius 3 is 2.83 bits per heavy atom. The van der Waals surface area contributed by atoms with Crippen LogP contribution >= 0.6 is 11.3 Å². The summed E-state index contributed by atoms with van der Waals surface area (Å²) in [6, 6.07) is 4.71. The highest BCUT2D eigenvalue weighted by Crippen LogP contribution is 2.45. The van der Waals surface area contributed by atoms with E-state index in [-0.39, 0.29) is 22.9 Å². The molecule has 4 aromatic rings. The van der Waals surface area contributed by atoms with Gasteiger partial charge in [0.2, 0.25) is 11.5 Å². The molecule has 1 aromatic carbocycles. The number of ether oxygens (including phenoxy) is 1. The molecule has 0 radical (unpaired) electrons. The van der Waals surface area contributed by atoms with E-state index in [9.17, 15) is 14.9 Å². The number of nitrogens with zero attached hydrogens (tertiary/aromatic N) is 3. The van der Waals surface area contributed by atoms with E-state index in [0.29, 0.717) is 33.1 Å². The van der Waals surface area contributed by atoms with Gasteiger partial charge in [0.15, 0.2) is 0 Å². The Morgan fingerprint density at radius 2 is 2.17 bits per heavy atom. The highest BCUT2D eigenvalue weighted by molar-refractivity contribution is 7.22. The van der Waals surface area contributed by atoms with Crippen LogP contribution in [-0.2, 0) is 16.1 Å². The number of nitrogens with two attached hydrogens (primary N) is 1. The second-order valence-electron chi connectivity index (χ2n) is 6.72. The molecule has 3 heterocycles. The smallest absolute Gasteiger partial charge is 0.317 e. The number of rotatable bonds is 5. The molecule has 4 rings (SSSR count). The maximum absolute atomic E-state index is 11.5. The van der Waals surface area contributed by atoms with Gasteiger partial charge in [0, 0.05) is 36.9 Å². The number of carbonyl (C=O) groups excluding carboxylic acids is 1. The third-order valence-corrected chi connectivity index (χ3v) is 5.60. The standard InChI is InChI=1S/C19H17N5O5S/c1-8-4-10(7-28-3)14-15(20)18(30-19(14)21-8)16-12-5-11(22-9(2)25)6-13(24(26)27)17(12)29-23-16/h4-6H,7,20H2,1-3H3,(H,22,25). The van der Waals surface area contributed by atoms with Gasteiger partial charge in [0.1, 0.15) is 10.5 Å². The van der Waals surface area contributed by atoms with E-state index in [1.807, 2.05) is 13.0 Å². The molecule has 11 heteroatoms. The molecule has 0 saturated heterocycles. The van der Waals surface area contributed by atoms with Gasteiger partial charge in [-0.25, -0.2) is 4.98 Å². The van der Waals surface area contributed by atoms with Crippen molar-refractivity contribution in [3.05, 3.63) is 39.6 Å². The first kappa shape index (κ1) is 19.7. The number of amides is 1. The van der Waals surface area contributed by atoms with Crippen LogP contribution in [0.15, 0.2) is 22.7 Å². The van der Waals surface area contributed by atoms with Crippen molar-refractivity contribution in [3.8, 4) is 10.6 Å². The molecule has 0 aliphatic rings. The van der Waals surface area contributed by atoms with Crippen LogP contribution in [0.1, 0.15) is 18.2 Å². The van der Waals surface area contributed by atoms with Crippen LogP contribution in [0.4, 0.5) is 17.1 Å². The Hall–Kier alpha value is -3.57. The molecule has 1 amide bonds. The quantitative estimate of drug-likeness (QED) is 0.359. The molecule has 10 nitrogen and oxygen atoms in total. The highest BCUT2D eigenvalue weighted by Gasteiger charge is 2.26. The van der Waals surface area contributed by atoms with Crippen molar-refractivity contribution in [1.29, 1.82) is 0 Å². The molecule has 0 spiro atoms. The van der Waals surface area contributed by atoms with Gasteiger partial charge in [-0.2, -0.15) is 0 Å². The first-order valence-electron chi connectivity index (χ1n) is 8.83. The Morgan fingerprint density at radius 1 is 1.40 bits per heavy atom. The van der Waals surface area contributed by atoms with E-state index >= 15 is 0 Å². The number of nitrogen functional groups attached to an aromatic ring is 1. The number of aryl methyl sites for hydroxylation is 1. The zero-order chi connectivity index (χ0) is 21.6. The van der Waals surface area contributed by atoms with Crippen molar-refractivity contribution in [2.24, 2.45) is 0 Å². The maximum Gasteiger partial charge on any atom is 0.317 e. The Labute approximate surface area is 173 Å². The number of carbonyl (C=O) groups is 1. The number of methoxy groups -OCH3 is 1. The van der Waals surface area contributed by atoms with Crippen molar-refractivity contribution >= 4 is 55.5 Å². The number of nitro benzene ring substituents is 1. The summed E-state index contributed by atoms with van der Waals surface area (Å²) in [4.78, 5) is 28.2. The summed E-state index contributed by atoms with van der Waals surface area (Å²) < 4.78 is 10.6. The van der Waals surface area contributed by atoms with Gasteiger partial charge in [-0.3, -0.25) is 14.9 Å². The fourth-order valence-electron chi connectivity index (χ4n) is 3.38. The molecule has 0 aliphatic carbocycles. The highest BCUT2D eigenvalue weighted by atomic mass is 32.1. The SMILES string of the molecule is COCc1cc(C)nc2sc(-c3noc4c([N+](=O)[O-])cc(NC(C)=O)cc34)c(N)c12. The number of nitrogens with one attached hydrogen (secondary N) is 1. The largest absolute Gasteiger partial charge is 0.397 e. The van der Waals surface area contributed by atoms with E-state index in [2.05, 4.69) is 15.5 Å². The van der Waals surface area contributed by atoms with E-state index in [1.165, 1.54) is 24.3 Å².